The van der Waals surface area contributed by atoms with Gasteiger partial charge in [-0.3, -0.25) is 0 Å². The topological polar surface area (TPSA) is 26.0 Å². The molecule has 0 aromatic carbocycles. The first-order valence-electron chi connectivity index (χ1n) is 7.98. The number of allylic oxidation sites excluding steroid dienone is 9. The molecule has 1 rings (SSSR count). The first-order chi connectivity index (χ1) is 9.86. The molecular formula is C20H31N. The van der Waals surface area contributed by atoms with Gasteiger partial charge in [0, 0.05) is 0 Å². The predicted octanol–water partition coefficient (Wildman–Crippen LogP) is 5.68. The molecule has 1 unspecified atom stereocenters. The molecule has 1 aliphatic rings. The quantitative estimate of drug-likeness (QED) is 0.646. The zero-order valence-corrected chi connectivity index (χ0v) is 14.3. The zero-order valence-electron chi connectivity index (χ0n) is 14.3. The highest BCUT2D eigenvalue weighted by molar-refractivity contribution is 5.36. The van der Waals surface area contributed by atoms with E-state index < -0.39 is 0 Å². The predicted molar refractivity (Wildman–Crippen MR) is 94.9 cm³/mol. The maximum Gasteiger partial charge on any atom is -0.00616 e. The highest BCUT2D eigenvalue weighted by Gasteiger charge is 2.26. The van der Waals surface area contributed by atoms with Crippen LogP contribution in [0.1, 0.15) is 53.9 Å². The first kappa shape index (κ1) is 17.6. The molecule has 0 aromatic heterocycles. The summed E-state index contributed by atoms with van der Waals surface area (Å²) in [4.78, 5) is 0. The first-order valence-corrected chi connectivity index (χ1v) is 7.98. The molecule has 1 aliphatic carbocycles. The van der Waals surface area contributed by atoms with Gasteiger partial charge in [-0.1, -0.05) is 68.4 Å². The minimum Gasteiger partial charge on any atom is -0.405 e. The molecule has 0 spiro atoms. The Morgan fingerprint density at radius 2 is 2.00 bits per heavy atom. The number of nitrogens with two attached hydrogens (primary N) is 1. The summed E-state index contributed by atoms with van der Waals surface area (Å²) in [5.41, 5.74) is 10.0. The van der Waals surface area contributed by atoms with Crippen molar-refractivity contribution >= 4 is 0 Å². The van der Waals surface area contributed by atoms with Gasteiger partial charge in [0.2, 0.25) is 0 Å². The van der Waals surface area contributed by atoms with Crippen LogP contribution in [0, 0.1) is 11.3 Å². The maximum atomic E-state index is 5.38. The Morgan fingerprint density at radius 1 is 1.29 bits per heavy atom. The van der Waals surface area contributed by atoms with E-state index >= 15 is 0 Å². The molecule has 0 aromatic rings. The van der Waals surface area contributed by atoms with Gasteiger partial charge < -0.3 is 5.73 Å². The molecule has 0 bridgehead atoms. The smallest absolute Gasteiger partial charge is 0.00616 e. The average molecular weight is 285 g/mol. The third-order valence-corrected chi connectivity index (χ3v) is 4.24. The summed E-state index contributed by atoms with van der Waals surface area (Å²) in [5, 5.41) is 0. The van der Waals surface area contributed by atoms with Crippen LogP contribution < -0.4 is 5.73 Å². The minimum atomic E-state index is 0.315. The van der Waals surface area contributed by atoms with E-state index in [1.807, 2.05) is 6.08 Å². The van der Waals surface area contributed by atoms with Crippen molar-refractivity contribution in [2.24, 2.45) is 17.1 Å². The van der Waals surface area contributed by atoms with Crippen molar-refractivity contribution in [1.29, 1.82) is 0 Å². The zero-order chi connectivity index (χ0) is 15.9. The summed E-state index contributed by atoms with van der Waals surface area (Å²) >= 11 is 0. The fraction of sp³-hybridized carbons (Fsp3) is 0.500. The van der Waals surface area contributed by atoms with Gasteiger partial charge in [-0.15, -0.1) is 0 Å². The van der Waals surface area contributed by atoms with Crippen molar-refractivity contribution in [1.82, 2.24) is 0 Å². The van der Waals surface area contributed by atoms with Crippen LogP contribution in [0.25, 0.3) is 0 Å². The van der Waals surface area contributed by atoms with Gasteiger partial charge in [0.15, 0.2) is 0 Å². The van der Waals surface area contributed by atoms with Gasteiger partial charge >= 0.3 is 0 Å². The van der Waals surface area contributed by atoms with E-state index in [0.29, 0.717) is 11.3 Å². The van der Waals surface area contributed by atoms with Crippen LogP contribution in [0.3, 0.4) is 0 Å². The molecule has 0 heterocycles. The molecule has 0 fully saturated rings. The molecule has 1 atom stereocenters. The molecule has 21 heavy (non-hydrogen) atoms. The third-order valence-electron chi connectivity index (χ3n) is 4.24. The van der Waals surface area contributed by atoms with Gasteiger partial charge in [-0.05, 0) is 56.2 Å². The molecule has 1 heteroatoms. The summed E-state index contributed by atoms with van der Waals surface area (Å²) in [6.07, 6.45) is 18.4. The summed E-state index contributed by atoms with van der Waals surface area (Å²) in [6, 6.07) is 0. The largest absolute Gasteiger partial charge is 0.405 e. The summed E-state index contributed by atoms with van der Waals surface area (Å²) in [6.45, 7) is 11.3. The van der Waals surface area contributed by atoms with E-state index in [9.17, 15) is 0 Å². The van der Waals surface area contributed by atoms with Gasteiger partial charge in [0.05, 0.1) is 0 Å². The van der Waals surface area contributed by atoms with E-state index in [1.165, 1.54) is 30.4 Å². The fourth-order valence-corrected chi connectivity index (χ4v) is 2.90. The molecular weight excluding hydrogens is 254 g/mol. The molecule has 0 radical (unpaired) electrons. The Labute approximate surface area is 131 Å². The van der Waals surface area contributed by atoms with Crippen LogP contribution in [0.5, 0.6) is 0 Å². The van der Waals surface area contributed by atoms with Crippen LogP contribution in [0.15, 0.2) is 59.4 Å². The average Bonchev–Trinajstić information content (AvgIpc) is 2.37. The molecule has 0 saturated heterocycles. The van der Waals surface area contributed by atoms with E-state index in [2.05, 4.69) is 65.0 Å². The van der Waals surface area contributed by atoms with E-state index in [0.717, 1.165) is 0 Å². The SMILES string of the molecule is CC1=C(/C=C/C(C)=C/C=C/C(C)/C=C/N)C(C)(C)CCC1. The van der Waals surface area contributed by atoms with Crippen molar-refractivity contribution in [2.45, 2.75) is 53.9 Å². The Bertz CT molecular complexity index is 484. The lowest BCUT2D eigenvalue weighted by Gasteiger charge is -2.32. The second-order valence-electron chi connectivity index (χ2n) is 6.80. The van der Waals surface area contributed by atoms with Crippen molar-refractivity contribution in [3.63, 3.8) is 0 Å². The molecule has 0 amide bonds. The summed E-state index contributed by atoms with van der Waals surface area (Å²) in [5.74, 6) is 0.380. The highest BCUT2D eigenvalue weighted by atomic mass is 14.5. The van der Waals surface area contributed by atoms with Gasteiger partial charge in [0.1, 0.15) is 0 Å². The fourth-order valence-electron chi connectivity index (χ4n) is 2.90. The van der Waals surface area contributed by atoms with Gasteiger partial charge in [-0.25, -0.2) is 0 Å². The Kier molecular flexibility index (Phi) is 6.74. The molecule has 1 nitrogen and oxygen atoms in total. The number of rotatable bonds is 5. The molecule has 2 N–H and O–H groups in total. The monoisotopic (exact) mass is 285 g/mol. The maximum absolute atomic E-state index is 5.38. The van der Waals surface area contributed by atoms with Crippen molar-refractivity contribution in [3.8, 4) is 0 Å². The normalized spacial score (nSPS) is 21.9. The van der Waals surface area contributed by atoms with E-state index in [4.69, 9.17) is 5.73 Å². The number of hydrogen-bond donors (Lipinski definition) is 1. The standard InChI is InChI=1S/C20H31N/c1-16(8-6-9-17(2)13-15-21)11-12-19-18(3)10-7-14-20(19,4)5/h6,8-9,11-13,15,17H,7,10,14,21H2,1-5H3/b9-6+,12-11+,15-13+,16-8+. The van der Waals surface area contributed by atoms with Crippen LogP contribution >= 0.6 is 0 Å². The Morgan fingerprint density at radius 3 is 2.62 bits per heavy atom. The minimum absolute atomic E-state index is 0.315. The van der Waals surface area contributed by atoms with Crippen LogP contribution in [-0.4, -0.2) is 0 Å². The van der Waals surface area contributed by atoms with Crippen molar-refractivity contribution in [2.75, 3.05) is 0 Å². The van der Waals surface area contributed by atoms with Gasteiger partial charge in [-0.2, -0.15) is 0 Å². The Balaban J connectivity index is 2.75. The lowest BCUT2D eigenvalue weighted by atomic mass is 9.72. The van der Waals surface area contributed by atoms with Crippen LogP contribution in [-0.2, 0) is 0 Å². The third kappa shape index (κ3) is 5.79. The highest BCUT2D eigenvalue weighted by Crippen LogP contribution is 2.40. The molecule has 0 saturated carbocycles. The molecule has 116 valence electrons. The Hall–Kier alpha value is -1.50. The number of hydrogen-bond acceptors (Lipinski definition) is 1. The second-order valence-corrected chi connectivity index (χ2v) is 6.80. The van der Waals surface area contributed by atoms with E-state index in [-0.39, 0.29) is 0 Å². The van der Waals surface area contributed by atoms with Gasteiger partial charge in [0.25, 0.3) is 0 Å². The van der Waals surface area contributed by atoms with Crippen molar-refractivity contribution < 1.29 is 0 Å². The second kappa shape index (κ2) is 8.07. The van der Waals surface area contributed by atoms with Crippen molar-refractivity contribution in [3.05, 3.63) is 59.4 Å². The van der Waals surface area contributed by atoms with Crippen LogP contribution in [0.4, 0.5) is 0 Å². The lowest BCUT2D eigenvalue weighted by Crippen LogP contribution is -2.19. The summed E-state index contributed by atoms with van der Waals surface area (Å²) in [7, 11) is 0. The summed E-state index contributed by atoms with van der Waals surface area (Å²) < 4.78 is 0. The molecule has 0 aliphatic heterocycles. The van der Waals surface area contributed by atoms with Crippen LogP contribution in [0.2, 0.25) is 0 Å². The lowest BCUT2D eigenvalue weighted by molar-refractivity contribution is 0.377. The van der Waals surface area contributed by atoms with E-state index in [1.54, 1.807) is 11.8 Å².